The number of nitrogens with zero attached hydrogens (tertiary/aromatic N) is 3. The maximum atomic E-state index is 5.66. The second kappa shape index (κ2) is 9.04. The van der Waals surface area contributed by atoms with Gasteiger partial charge in [-0.2, -0.15) is 0 Å². The highest BCUT2D eigenvalue weighted by molar-refractivity contribution is 6.13. The van der Waals surface area contributed by atoms with Crippen LogP contribution in [0.1, 0.15) is 50.1 Å². The Morgan fingerprint density at radius 1 is 0.468 bits per heavy atom. The Morgan fingerprint density at radius 3 is 1.91 bits per heavy atom. The second-order valence-electron chi connectivity index (χ2n) is 14.3. The molecule has 8 aromatic rings. The molecule has 0 saturated heterocycles. The van der Waals surface area contributed by atoms with E-state index in [4.69, 9.17) is 9.97 Å². The highest BCUT2D eigenvalue weighted by Gasteiger charge is 2.40. The van der Waals surface area contributed by atoms with E-state index in [1.54, 1.807) is 0 Å². The molecule has 0 radical (unpaired) electrons. The lowest BCUT2D eigenvalue weighted by Crippen LogP contribution is -2.18. The molecule has 2 heterocycles. The van der Waals surface area contributed by atoms with Crippen LogP contribution in [-0.4, -0.2) is 14.5 Å². The Hall–Kier alpha value is -5.54. The van der Waals surface area contributed by atoms with Crippen molar-refractivity contribution in [2.45, 2.75) is 38.5 Å². The second-order valence-corrected chi connectivity index (χ2v) is 14.3. The van der Waals surface area contributed by atoms with Gasteiger partial charge in [-0.15, -0.1) is 0 Å². The molecule has 0 fully saturated rings. The van der Waals surface area contributed by atoms with Crippen LogP contribution in [-0.2, 0) is 10.8 Å². The van der Waals surface area contributed by atoms with Gasteiger partial charge in [-0.3, -0.25) is 4.57 Å². The molecule has 3 heteroatoms. The van der Waals surface area contributed by atoms with E-state index in [1.807, 2.05) is 0 Å². The Morgan fingerprint density at radius 2 is 1.11 bits per heavy atom. The number of rotatable bonds is 2. The summed E-state index contributed by atoms with van der Waals surface area (Å²) in [6.07, 6.45) is 0. The summed E-state index contributed by atoms with van der Waals surface area (Å²) in [5.41, 5.74) is 13.7. The molecule has 0 spiro atoms. The third kappa shape index (κ3) is 3.46. The number of para-hydroxylation sites is 1. The Bertz CT molecular complexity index is 2640. The van der Waals surface area contributed by atoms with E-state index in [-0.39, 0.29) is 10.8 Å². The number of aromatic nitrogens is 3. The van der Waals surface area contributed by atoms with Crippen molar-refractivity contribution in [3.63, 3.8) is 0 Å². The Balaban J connectivity index is 1.34. The molecule has 0 atom stereocenters. The summed E-state index contributed by atoms with van der Waals surface area (Å²) < 4.78 is 2.36. The molecule has 0 bridgehead atoms. The number of fused-ring (bicyclic) bond motifs is 10. The molecule has 2 aliphatic carbocycles. The van der Waals surface area contributed by atoms with Gasteiger partial charge in [-0.05, 0) is 62.9 Å². The molecule has 10 rings (SSSR count). The highest BCUT2D eigenvalue weighted by Crippen LogP contribution is 2.51. The van der Waals surface area contributed by atoms with Crippen molar-refractivity contribution in [3.05, 3.63) is 150 Å². The van der Waals surface area contributed by atoms with Gasteiger partial charge in [0, 0.05) is 32.7 Å². The van der Waals surface area contributed by atoms with E-state index in [1.165, 1.54) is 54.9 Å². The SMILES string of the molecule is CC1(C)c2ccccc2-c2cc(-c3nc4c(nc3-n3c5ccccc5c5cc6ccccc6cc53)-c3ccccc3C4(C)C)ccc21. The maximum Gasteiger partial charge on any atom is 0.165 e. The Labute approximate surface area is 274 Å². The van der Waals surface area contributed by atoms with Gasteiger partial charge >= 0.3 is 0 Å². The van der Waals surface area contributed by atoms with Gasteiger partial charge in [-0.1, -0.05) is 131 Å². The molecule has 3 nitrogen and oxygen atoms in total. The van der Waals surface area contributed by atoms with E-state index >= 15 is 0 Å². The molecular weight excluding hydrogens is 571 g/mol. The van der Waals surface area contributed by atoms with E-state index in [0.29, 0.717) is 0 Å². The summed E-state index contributed by atoms with van der Waals surface area (Å²) in [6, 6.07) is 46.5. The van der Waals surface area contributed by atoms with Crippen LogP contribution in [0, 0.1) is 0 Å². The first-order chi connectivity index (χ1) is 22.8. The monoisotopic (exact) mass is 603 g/mol. The first-order valence-electron chi connectivity index (χ1n) is 16.5. The van der Waals surface area contributed by atoms with Crippen molar-refractivity contribution in [1.29, 1.82) is 0 Å². The first kappa shape index (κ1) is 26.7. The molecule has 0 saturated carbocycles. The van der Waals surface area contributed by atoms with E-state index < -0.39 is 0 Å². The zero-order valence-corrected chi connectivity index (χ0v) is 27.0. The molecule has 2 aromatic heterocycles. The average molecular weight is 604 g/mol. The summed E-state index contributed by atoms with van der Waals surface area (Å²) in [5.74, 6) is 0.864. The van der Waals surface area contributed by atoms with Crippen LogP contribution >= 0.6 is 0 Å². The van der Waals surface area contributed by atoms with Gasteiger partial charge < -0.3 is 0 Å². The topological polar surface area (TPSA) is 30.7 Å². The summed E-state index contributed by atoms with van der Waals surface area (Å²) in [6.45, 7) is 9.23. The van der Waals surface area contributed by atoms with Crippen molar-refractivity contribution in [2.24, 2.45) is 0 Å². The molecule has 2 aliphatic rings. The van der Waals surface area contributed by atoms with Crippen LogP contribution < -0.4 is 0 Å². The third-order valence-corrected chi connectivity index (χ3v) is 10.9. The predicted molar refractivity (Wildman–Crippen MR) is 194 cm³/mol. The highest BCUT2D eigenvalue weighted by atomic mass is 15.1. The largest absolute Gasteiger partial charge is 0.292 e. The van der Waals surface area contributed by atoms with Crippen LogP contribution in [0.25, 0.3) is 72.0 Å². The lowest BCUT2D eigenvalue weighted by molar-refractivity contribution is 0.635. The van der Waals surface area contributed by atoms with Gasteiger partial charge in [0.1, 0.15) is 5.69 Å². The van der Waals surface area contributed by atoms with Crippen LogP contribution in [0.3, 0.4) is 0 Å². The molecule has 6 aromatic carbocycles. The zero-order valence-electron chi connectivity index (χ0n) is 27.0. The standard InChI is InChI=1S/C44H33N3/c1-43(2)34-18-10-7-15-29(34)32-24-28(21-22-36(32)43)39-42(46-40-31-17-8-11-19-35(31)44(3,4)41(40)45-39)47-37-20-12-9-16-30(37)33-23-26-13-5-6-14-27(26)25-38(33)47/h5-25H,1-4H3. The fourth-order valence-corrected chi connectivity index (χ4v) is 8.51. The lowest BCUT2D eigenvalue weighted by atomic mass is 9.82. The minimum atomic E-state index is -0.269. The van der Waals surface area contributed by atoms with Crippen molar-refractivity contribution >= 4 is 32.6 Å². The minimum absolute atomic E-state index is 0.0611. The molecule has 0 unspecified atom stereocenters. The van der Waals surface area contributed by atoms with Gasteiger partial charge in [0.25, 0.3) is 0 Å². The van der Waals surface area contributed by atoms with Crippen molar-refractivity contribution in [3.8, 4) is 39.5 Å². The smallest absolute Gasteiger partial charge is 0.165 e. The molecule has 0 amide bonds. The quantitative estimate of drug-likeness (QED) is 0.197. The molecule has 224 valence electrons. The summed E-state index contributed by atoms with van der Waals surface area (Å²) in [4.78, 5) is 11.3. The fourth-order valence-electron chi connectivity index (χ4n) is 8.51. The van der Waals surface area contributed by atoms with Gasteiger partial charge in [0.2, 0.25) is 0 Å². The van der Waals surface area contributed by atoms with Gasteiger partial charge in [0.05, 0.1) is 22.4 Å². The minimum Gasteiger partial charge on any atom is -0.292 e. The van der Waals surface area contributed by atoms with Crippen molar-refractivity contribution in [1.82, 2.24) is 14.5 Å². The van der Waals surface area contributed by atoms with Crippen LogP contribution in [0.4, 0.5) is 0 Å². The number of hydrogen-bond donors (Lipinski definition) is 0. The first-order valence-corrected chi connectivity index (χ1v) is 16.5. The fraction of sp³-hybridized carbons (Fsp3) is 0.136. The molecule has 0 N–H and O–H groups in total. The van der Waals surface area contributed by atoms with Crippen LogP contribution in [0.5, 0.6) is 0 Å². The van der Waals surface area contributed by atoms with Gasteiger partial charge in [0.15, 0.2) is 5.82 Å². The molecule has 47 heavy (non-hydrogen) atoms. The van der Waals surface area contributed by atoms with Crippen LogP contribution in [0.2, 0.25) is 0 Å². The summed E-state index contributed by atoms with van der Waals surface area (Å²) >= 11 is 0. The number of hydrogen-bond acceptors (Lipinski definition) is 2. The zero-order chi connectivity index (χ0) is 31.7. The van der Waals surface area contributed by atoms with Gasteiger partial charge in [-0.25, -0.2) is 9.97 Å². The van der Waals surface area contributed by atoms with Crippen molar-refractivity contribution < 1.29 is 0 Å². The van der Waals surface area contributed by atoms with Crippen LogP contribution in [0.15, 0.2) is 127 Å². The third-order valence-electron chi connectivity index (χ3n) is 10.9. The maximum absolute atomic E-state index is 5.66. The average Bonchev–Trinajstić information content (AvgIpc) is 3.63. The molecule has 0 aliphatic heterocycles. The summed E-state index contributed by atoms with van der Waals surface area (Å²) in [5, 5.41) is 4.88. The summed E-state index contributed by atoms with van der Waals surface area (Å²) in [7, 11) is 0. The predicted octanol–water partition coefficient (Wildman–Crippen LogP) is 11.0. The Kier molecular flexibility index (Phi) is 5.13. The van der Waals surface area contributed by atoms with E-state index in [0.717, 1.165) is 39.5 Å². The molecular formula is C44H33N3. The van der Waals surface area contributed by atoms with Crippen molar-refractivity contribution in [2.75, 3.05) is 0 Å². The lowest BCUT2D eigenvalue weighted by Gasteiger charge is -2.22. The van der Waals surface area contributed by atoms with E-state index in [2.05, 4.69) is 160 Å². The number of benzene rings is 6. The van der Waals surface area contributed by atoms with E-state index in [9.17, 15) is 0 Å². The normalized spacial score (nSPS) is 15.1.